The van der Waals surface area contributed by atoms with Crippen molar-refractivity contribution in [3.8, 4) is 0 Å². The van der Waals surface area contributed by atoms with E-state index in [9.17, 15) is 4.79 Å². The van der Waals surface area contributed by atoms with Crippen LogP contribution in [0.15, 0.2) is 24.3 Å². The highest BCUT2D eigenvalue weighted by molar-refractivity contribution is 6.30. The van der Waals surface area contributed by atoms with E-state index in [4.69, 9.17) is 16.3 Å². The molecule has 2 amide bonds. The number of nitrogens with zero attached hydrogens (tertiary/aromatic N) is 1. The first-order valence-corrected chi connectivity index (χ1v) is 7.96. The quantitative estimate of drug-likeness (QED) is 0.933. The van der Waals surface area contributed by atoms with Crippen molar-refractivity contribution in [2.45, 2.75) is 31.3 Å². The van der Waals surface area contributed by atoms with Crippen molar-refractivity contribution in [2.75, 3.05) is 26.2 Å². The summed E-state index contributed by atoms with van der Waals surface area (Å²) in [6.07, 6.45) is 3.88. The number of urea groups is 1. The summed E-state index contributed by atoms with van der Waals surface area (Å²) in [4.78, 5) is 14.0. The second-order valence-electron chi connectivity index (χ2n) is 5.88. The minimum absolute atomic E-state index is 0.0335. The van der Waals surface area contributed by atoms with Gasteiger partial charge in [0.2, 0.25) is 0 Å². The molecule has 1 aromatic carbocycles. The van der Waals surface area contributed by atoms with Crippen LogP contribution in [0, 0.1) is 0 Å². The van der Waals surface area contributed by atoms with Crippen LogP contribution in [-0.4, -0.2) is 42.8 Å². The molecule has 1 aromatic rings. The third-order valence-electron chi connectivity index (χ3n) is 4.51. The van der Waals surface area contributed by atoms with E-state index in [-0.39, 0.29) is 11.6 Å². The van der Waals surface area contributed by atoms with Gasteiger partial charge in [-0.3, -0.25) is 0 Å². The van der Waals surface area contributed by atoms with Gasteiger partial charge in [0.25, 0.3) is 0 Å². The number of likely N-dealkylation sites (tertiary alicyclic amines) is 1. The molecule has 114 valence electrons. The molecule has 0 unspecified atom stereocenters. The minimum atomic E-state index is 0.0335. The Balaban J connectivity index is 1.40. The van der Waals surface area contributed by atoms with E-state index in [0.29, 0.717) is 6.54 Å². The molecular formula is C16H21ClN2O2. The summed E-state index contributed by atoms with van der Waals surface area (Å²) in [5.41, 5.74) is 1.24. The number of amides is 2. The topological polar surface area (TPSA) is 41.6 Å². The third kappa shape index (κ3) is 3.50. The van der Waals surface area contributed by atoms with E-state index in [2.05, 4.69) is 5.32 Å². The van der Waals surface area contributed by atoms with Gasteiger partial charge in [-0.25, -0.2) is 4.79 Å². The summed E-state index contributed by atoms with van der Waals surface area (Å²) < 4.78 is 5.67. The van der Waals surface area contributed by atoms with E-state index in [1.54, 1.807) is 0 Å². The third-order valence-corrected chi connectivity index (χ3v) is 4.74. The monoisotopic (exact) mass is 308 g/mol. The lowest BCUT2D eigenvalue weighted by Crippen LogP contribution is -2.55. The summed E-state index contributed by atoms with van der Waals surface area (Å²) in [6, 6.07) is 7.78. The molecule has 0 aliphatic carbocycles. The Kier molecular flexibility index (Phi) is 4.36. The average molecular weight is 309 g/mol. The summed E-state index contributed by atoms with van der Waals surface area (Å²) in [7, 11) is 0. The average Bonchev–Trinajstić information content (AvgIpc) is 2.46. The normalized spacial score (nSPS) is 20.1. The molecule has 0 radical (unpaired) electrons. The van der Waals surface area contributed by atoms with Crippen molar-refractivity contribution < 1.29 is 9.53 Å². The van der Waals surface area contributed by atoms with E-state index < -0.39 is 0 Å². The Hall–Kier alpha value is -1.26. The molecule has 2 aliphatic rings. The van der Waals surface area contributed by atoms with Gasteiger partial charge in [0.05, 0.1) is 12.2 Å². The number of hydrogen-bond acceptors (Lipinski definition) is 2. The number of carbonyl (C=O) groups is 1. The number of benzene rings is 1. The van der Waals surface area contributed by atoms with E-state index >= 15 is 0 Å². The maximum absolute atomic E-state index is 12.1. The molecule has 0 bridgehead atoms. The summed E-state index contributed by atoms with van der Waals surface area (Å²) in [6.45, 7) is 3.11. The van der Waals surface area contributed by atoms with Crippen LogP contribution in [0.5, 0.6) is 0 Å². The van der Waals surface area contributed by atoms with Crippen LogP contribution in [0.3, 0.4) is 0 Å². The number of piperidine rings is 1. The van der Waals surface area contributed by atoms with E-state index in [1.165, 1.54) is 0 Å². The lowest BCUT2D eigenvalue weighted by Gasteiger charge is -2.47. The van der Waals surface area contributed by atoms with Gasteiger partial charge in [-0.1, -0.05) is 23.7 Å². The molecule has 0 aromatic heterocycles. The fourth-order valence-electron chi connectivity index (χ4n) is 3.02. The van der Waals surface area contributed by atoms with Crippen molar-refractivity contribution in [2.24, 2.45) is 0 Å². The highest BCUT2D eigenvalue weighted by Gasteiger charge is 2.41. The second kappa shape index (κ2) is 6.24. The van der Waals surface area contributed by atoms with Gasteiger partial charge in [0.15, 0.2) is 0 Å². The maximum Gasteiger partial charge on any atom is 0.317 e. The van der Waals surface area contributed by atoms with Gasteiger partial charge in [-0.15, -0.1) is 0 Å². The zero-order chi connectivity index (χ0) is 14.7. The predicted molar refractivity (Wildman–Crippen MR) is 82.7 cm³/mol. The van der Waals surface area contributed by atoms with Crippen LogP contribution >= 0.6 is 11.6 Å². The molecule has 2 saturated heterocycles. The fourth-order valence-corrected chi connectivity index (χ4v) is 3.23. The van der Waals surface area contributed by atoms with Gasteiger partial charge in [-0.05, 0) is 43.4 Å². The Morgan fingerprint density at radius 1 is 1.33 bits per heavy atom. The first kappa shape index (κ1) is 14.7. The van der Waals surface area contributed by atoms with Crippen LogP contribution in [0.2, 0.25) is 5.02 Å². The summed E-state index contributed by atoms with van der Waals surface area (Å²) >= 11 is 5.95. The SMILES string of the molecule is O=C(NCCc1cccc(Cl)c1)N1CCC2(CCO2)CC1. The highest BCUT2D eigenvalue weighted by Crippen LogP contribution is 2.36. The predicted octanol–water partition coefficient (Wildman–Crippen LogP) is 2.85. The number of rotatable bonds is 3. The first-order chi connectivity index (χ1) is 10.2. The van der Waals surface area contributed by atoms with Crippen molar-refractivity contribution in [1.29, 1.82) is 0 Å². The molecule has 2 fully saturated rings. The lowest BCUT2D eigenvalue weighted by molar-refractivity contribution is -0.169. The van der Waals surface area contributed by atoms with Crippen molar-refractivity contribution >= 4 is 17.6 Å². The van der Waals surface area contributed by atoms with Gasteiger partial charge in [-0.2, -0.15) is 0 Å². The molecule has 5 heteroatoms. The van der Waals surface area contributed by atoms with Crippen molar-refractivity contribution in [3.05, 3.63) is 34.9 Å². The Labute approximate surface area is 130 Å². The van der Waals surface area contributed by atoms with Crippen LogP contribution in [0.1, 0.15) is 24.8 Å². The Morgan fingerprint density at radius 2 is 2.10 bits per heavy atom. The van der Waals surface area contributed by atoms with E-state index in [1.807, 2.05) is 29.2 Å². The molecular weight excluding hydrogens is 288 g/mol. The molecule has 1 N–H and O–H groups in total. The van der Waals surface area contributed by atoms with Gasteiger partial charge < -0.3 is 15.0 Å². The number of carbonyl (C=O) groups excluding carboxylic acids is 1. The zero-order valence-electron chi connectivity index (χ0n) is 12.1. The van der Waals surface area contributed by atoms with Crippen molar-refractivity contribution in [3.63, 3.8) is 0 Å². The van der Waals surface area contributed by atoms with Crippen LogP contribution in [0.25, 0.3) is 0 Å². The number of halogens is 1. The van der Waals surface area contributed by atoms with Gasteiger partial charge >= 0.3 is 6.03 Å². The van der Waals surface area contributed by atoms with Gasteiger partial charge in [0.1, 0.15) is 0 Å². The largest absolute Gasteiger partial charge is 0.375 e. The molecule has 2 aliphatic heterocycles. The highest BCUT2D eigenvalue weighted by atomic mass is 35.5. The summed E-state index contributed by atoms with van der Waals surface area (Å²) in [5, 5.41) is 3.72. The molecule has 1 spiro atoms. The number of nitrogens with one attached hydrogen (secondary N) is 1. The Morgan fingerprint density at radius 3 is 2.71 bits per heavy atom. The summed E-state index contributed by atoms with van der Waals surface area (Å²) in [5.74, 6) is 0. The lowest BCUT2D eigenvalue weighted by atomic mass is 9.84. The number of ether oxygens (including phenoxy) is 1. The molecule has 0 atom stereocenters. The van der Waals surface area contributed by atoms with Crippen molar-refractivity contribution in [1.82, 2.24) is 10.2 Å². The maximum atomic E-state index is 12.1. The molecule has 4 nitrogen and oxygen atoms in total. The van der Waals surface area contributed by atoms with Crippen LogP contribution < -0.4 is 5.32 Å². The smallest absolute Gasteiger partial charge is 0.317 e. The molecule has 0 saturated carbocycles. The van der Waals surface area contributed by atoms with Crippen LogP contribution in [0.4, 0.5) is 4.79 Å². The molecule has 2 heterocycles. The van der Waals surface area contributed by atoms with Crippen LogP contribution in [-0.2, 0) is 11.2 Å². The molecule has 3 rings (SSSR count). The molecule has 21 heavy (non-hydrogen) atoms. The number of hydrogen-bond donors (Lipinski definition) is 1. The standard InChI is InChI=1S/C16H21ClN2O2/c17-14-3-1-2-13(12-14)4-8-18-15(20)19-9-5-16(6-10-19)7-11-21-16/h1-3,12H,4-11H2,(H,18,20). The second-order valence-corrected chi connectivity index (χ2v) is 6.32. The Bertz CT molecular complexity index is 507. The van der Waals surface area contributed by atoms with E-state index in [0.717, 1.165) is 56.0 Å². The zero-order valence-corrected chi connectivity index (χ0v) is 12.9. The first-order valence-electron chi connectivity index (χ1n) is 7.58. The minimum Gasteiger partial charge on any atom is -0.375 e. The fraction of sp³-hybridized carbons (Fsp3) is 0.562. The van der Waals surface area contributed by atoms with Gasteiger partial charge in [0, 0.05) is 24.7 Å².